The van der Waals surface area contributed by atoms with Crippen LogP contribution in [0.3, 0.4) is 0 Å². The largest absolute Gasteiger partial charge is 0.494 e. The van der Waals surface area contributed by atoms with Gasteiger partial charge in [0.2, 0.25) is 0 Å². The zero-order chi connectivity index (χ0) is 10.2. The third-order valence-corrected chi connectivity index (χ3v) is 2.42. The third kappa shape index (κ3) is 4.61. The molecule has 0 atom stereocenters. The third-order valence-electron chi connectivity index (χ3n) is 1.86. The number of hydrogen-bond donors (Lipinski definition) is 0. The summed E-state index contributed by atoms with van der Waals surface area (Å²) in [6.45, 7) is 0.707. The second-order valence-electron chi connectivity index (χ2n) is 3.05. The minimum absolute atomic E-state index is 0.225. The van der Waals surface area contributed by atoms with Crippen LogP contribution in [0.2, 0.25) is 0 Å². The fourth-order valence-electron chi connectivity index (χ4n) is 1.09. The average Bonchev–Trinajstić information content (AvgIpc) is 2.21. The highest BCUT2D eigenvalue weighted by Crippen LogP contribution is 2.11. The van der Waals surface area contributed by atoms with Crippen molar-refractivity contribution < 1.29 is 9.13 Å². The van der Waals surface area contributed by atoms with Gasteiger partial charge in [0, 0.05) is 5.33 Å². The summed E-state index contributed by atoms with van der Waals surface area (Å²) in [5.74, 6) is 0.516. The lowest BCUT2D eigenvalue weighted by molar-refractivity contribution is 0.306. The van der Waals surface area contributed by atoms with Crippen LogP contribution in [-0.2, 0) is 0 Å². The van der Waals surface area contributed by atoms with Gasteiger partial charge in [0.1, 0.15) is 11.6 Å². The predicted molar refractivity (Wildman–Crippen MR) is 59.5 cm³/mol. The standard InChI is InChI=1S/C11H14BrFO/c12-8-2-1-3-9-14-11-6-4-10(13)5-7-11/h4-7H,1-3,8-9H2. The van der Waals surface area contributed by atoms with E-state index in [2.05, 4.69) is 15.9 Å². The number of halogens is 2. The molecule has 0 aliphatic heterocycles. The van der Waals surface area contributed by atoms with Crippen LogP contribution in [0.5, 0.6) is 5.75 Å². The predicted octanol–water partition coefficient (Wildman–Crippen LogP) is 3.77. The van der Waals surface area contributed by atoms with Gasteiger partial charge in [-0.15, -0.1) is 0 Å². The van der Waals surface area contributed by atoms with Gasteiger partial charge < -0.3 is 4.74 Å². The molecule has 14 heavy (non-hydrogen) atoms. The maximum absolute atomic E-state index is 12.5. The van der Waals surface area contributed by atoms with Crippen LogP contribution in [0.4, 0.5) is 4.39 Å². The molecule has 0 aromatic heterocycles. The Morgan fingerprint density at radius 2 is 1.79 bits per heavy atom. The quantitative estimate of drug-likeness (QED) is 0.559. The highest BCUT2D eigenvalue weighted by atomic mass is 79.9. The van der Waals surface area contributed by atoms with Crippen LogP contribution in [0.15, 0.2) is 24.3 Å². The Morgan fingerprint density at radius 3 is 2.43 bits per heavy atom. The van der Waals surface area contributed by atoms with Gasteiger partial charge in [0.25, 0.3) is 0 Å². The van der Waals surface area contributed by atoms with Crippen molar-refractivity contribution in [2.75, 3.05) is 11.9 Å². The Kier molecular flexibility index (Phi) is 5.60. The molecule has 0 aliphatic carbocycles. The van der Waals surface area contributed by atoms with Gasteiger partial charge in [0.05, 0.1) is 6.61 Å². The first-order valence-electron chi connectivity index (χ1n) is 4.77. The van der Waals surface area contributed by atoms with Crippen molar-refractivity contribution in [3.63, 3.8) is 0 Å². The SMILES string of the molecule is Fc1ccc(OCCCCCBr)cc1. The van der Waals surface area contributed by atoms with Crippen molar-refractivity contribution in [2.45, 2.75) is 19.3 Å². The van der Waals surface area contributed by atoms with Gasteiger partial charge >= 0.3 is 0 Å². The average molecular weight is 261 g/mol. The highest BCUT2D eigenvalue weighted by Gasteiger charge is 1.94. The van der Waals surface area contributed by atoms with E-state index in [9.17, 15) is 4.39 Å². The van der Waals surface area contributed by atoms with Gasteiger partial charge in [0.15, 0.2) is 0 Å². The summed E-state index contributed by atoms with van der Waals surface area (Å²) in [6.07, 6.45) is 3.38. The van der Waals surface area contributed by atoms with E-state index in [0.29, 0.717) is 6.61 Å². The van der Waals surface area contributed by atoms with Crippen molar-refractivity contribution in [3.8, 4) is 5.75 Å². The summed E-state index contributed by atoms with van der Waals surface area (Å²) in [5, 5.41) is 1.05. The van der Waals surface area contributed by atoms with E-state index >= 15 is 0 Å². The van der Waals surface area contributed by atoms with Crippen LogP contribution in [0.25, 0.3) is 0 Å². The van der Waals surface area contributed by atoms with Gasteiger partial charge in [-0.2, -0.15) is 0 Å². The zero-order valence-electron chi connectivity index (χ0n) is 8.01. The van der Waals surface area contributed by atoms with E-state index in [4.69, 9.17) is 4.74 Å². The number of benzene rings is 1. The van der Waals surface area contributed by atoms with Crippen LogP contribution in [0, 0.1) is 5.82 Å². The molecule has 3 heteroatoms. The molecule has 1 aromatic rings. The Labute approximate surface area is 92.4 Å². The monoisotopic (exact) mass is 260 g/mol. The lowest BCUT2D eigenvalue weighted by Crippen LogP contribution is -1.97. The molecular formula is C11H14BrFO. The minimum atomic E-state index is -0.225. The van der Waals surface area contributed by atoms with Crippen LogP contribution < -0.4 is 4.74 Å². The molecule has 1 rings (SSSR count). The Bertz CT molecular complexity index is 248. The highest BCUT2D eigenvalue weighted by molar-refractivity contribution is 9.09. The summed E-state index contributed by atoms with van der Waals surface area (Å²) in [5.41, 5.74) is 0. The number of rotatable bonds is 6. The Hall–Kier alpha value is -0.570. The van der Waals surface area contributed by atoms with E-state index in [0.717, 1.165) is 23.9 Å². The molecule has 0 aliphatic rings. The summed E-state index contributed by atoms with van der Waals surface area (Å²) >= 11 is 3.37. The van der Waals surface area contributed by atoms with Crippen LogP contribution in [-0.4, -0.2) is 11.9 Å². The van der Waals surface area contributed by atoms with Crippen molar-refractivity contribution in [1.29, 1.82) is 0 Å². The molecule has 0 saturated heterocycles. The maximum Gasteiger partial charge on any atom is 0.123 e. The van der Waals surface area contributed by atoms with Gasteiger partial charge in [-0.3, -0.25) is 0 Å². The summed E-state index contributed by atoms with van der Waals surface area (Å²) < 4.78 is 17.9. The molecule has 0 bridgehead atoms. The summed E-state index contributed by atoms with van der Waals surface area (Å²) in [4.78, 5) is 0. The van der Waals surface area contributed by atoms with E-state index in [-0.39, 0.29) is 5.82 Å². The molecular weight excluding hydrogens is 247 g/mol. The van der Waals surface area contributed by atoms with Crippen molar-refractivity contribution in [1.82, 2.24) is 0 Å². The molecule has 0 radical (unpaired) electrons. The van der Waals surface area contributed by atoms with E-state index in [1.165, 1.54) is 18.6 Å². The number of unbranched alkanes of at least 4 members (excludes halogenated alkanes) is 2. The van der Waals surface area contributed by atoms with Crippen molar-refractivity contribution in [2.24, 2.45) is 0 Å². The smallest absolute Gasteiger partial charge is 0.123 e. The van der Waals surface area contributed by atoms with Crippen LogP contribution >= 0.6 is 15.9 Å². The maximum atomic E-state index is 12.5. The van der Waals surface area contributed by atoms with Crippen LogP contribution in [0.1, 0.15) is 19.3 Å². The molecule has 0 unspecified atom stereocenters. The van der Waals surface area contributed by atoms with Gasteiger partial charge in [-0.05, 0) is 43.5 Å². The van der Waals surface area contributed by atoms with Gasteiger partial charge in [-0.1, -0.05) is 15.9 Å². The lowest BCUT2D eigenvalue weighted by Gasteiger charge is -2.04. The molecule has 0 fully saturated rings. The lowest BCUT2D eigenvalue weighted by atomic mass is 10.3. The molecule has 0 amide bonds. The fraction of sp³-hybridized carbons (Fsp3) is 0.455. The molecule has 78 valence electrons. The first-order valence-corrected chi connectivity index (χ1v) is 5.89. The molecule has 0 saturated carbocycles. The number of ether oxygens (including phenoxy) is 1. The van der Waals surface area contributed by atoms with E-state index in [1.54, 1.807) is 12.1 Å². The molecule has 1 aromatic carbocycles. The first-order chi connectivity index (χ1) is 6.83. The number of hydrogen-bond acceptors (Lipinski definition) is 1. The number of alkyl halides is 1. The molecule has 0 heterocycles. The second-order valence-corrected chi connectivity index (χ2v) is 3.85. The van der Waals surface area contributed by atoms with E-state index in [1.807, 2.05) is 0 Å². The minimum Gasteiger partial charge on any atom is -0.494 e. The summed E-state index contributed by atoms with van der Waals surface area (Å²) in [7, 11) is 0. The Balaban J connectivity index is 2.15. The first kappa shape index (κ1) is 11.5. The second kappa shape index (κ2) is 6.82. The zero-order valence-corrected chi connectivity index (χ0v) is 9.60. The Morgan fingerprint density at radius 1 is 1.07 bits per heavy atom. The fourth-order valence-corrected chi connectivity index (χ4v) is 1.49. The summed E-state index contributed by atoms with van der Waals surface area (Å²) in [6, 6.07) is 6.13. The molecule has 0 spiro atoms. The van der Waals surface area contributed by atoms with Crippen molar-refractivity contribution in [3.05, 3.63) is 30.1 Å². The van der Waals surface area contributed by atoms with Crippen molar-refractivity contribution >= 4 is 15.9 Å². The topological polar surface area (TPSA) is 9.23 Å². The molecule has 1 nitrogen and oxygen atoms in total. The van der Waals surface area contributed by atoms with Gasteiger partial charge in [-0.25, -0.2) is 4.39 Å². The van der Waals surface area contributed by atoms with E-state index < -0.39 is 0 Å². The molecule has 0 N–H and O–H groups in total. The normalized spacial score (nSPS) is 10.1.